The molecule has 0 bridgehead atoms. The smallest absolute Gasteiger partial charge is 0.307 e. The number of hydrogen-bond donors (Lipinski definition) is 1. The predicted octanol–water partition coefficient (Wildman–Crippen LogP) is 3.38. The normalized spacial score (nSPS) is 15.2. The van der Waals surface area contributed by atoms with E-state index in [0.717, 1.165) is 43.3 Å². The van der Waals surface area contributed by atoms with Crippen molar-refractivity contribution in [3.05, 3.63) is 65.9 Å². The van der Waals surface area contributed by atoms with Crippen molar-refractivity contribution in [3.8, 4) is 0 Å². The summed E-state index contributed by atoms with van der Waals surface area (Å²) in [6.45, 7) is 7.24. The highest BCUT2D eigenvalue weighted by Gasteiger charge is 2.28. The first-order chi connectivity index (χ1) is 17.5. The van der Waals surface area contributed by atoms with Gasteiger partial charge < -0.3 is 10.1 Å². The summed E-state index contributed by atoms with van der Waals surface area (Å²) < 4.78 is 50.2. The van der Waals surface area contributed by atoms with E-state index in [1.165, 1.54) is 10.2 Å². The lowest BCUT2D eigenvalue weighted by molar-refractivity contribution is 0.0998. The third kappa shape index (κ3) is 6.49. The molecule has 0 radical (unpaired) electrons. The highest BCUT2D eigenvalue weighted by molar-refractivity contribution is 7.87. The lowest BCUT2D eigenvalue weighted by atomic mass is 10.1. The van der Waals surface area contributed by atoms with Crippen LogP contribution in [0.2, 0.25) is 0 Å². The Hall–Kier alpha value is -2.37. The van der Waals surface area contributed by atoms with Gasteiger partial charge in [0.2, 0.25) is 5.95 Å². The zero-order valence-electron chi connectivity index (χ0n) is 20.9. The molecule has 0 saturated carbocycles. The van der Waals surface area contributed by atoms with Gasteiger partial charge in [0.15, 0.2) is 0 Å². The molecule has 8 nitrogen and oxygen atoms in total. The number of fused-ring (bicyclic) bond motifs is 1. The standard InChI is InChI=1S/C26H36FN5O3S/c1-2-28-13-17-35-18-16-30(19-22-9-8-12-29-26(22)27)20-23-21-32(25-11-5-4-10-24(23)25)36(33,34)31-14-6-3-7-15-31/h4-5,8-12,21,28H,2-3,6-7,13-20H2,1H3. The number of nitrogens with one attached hydrogen (secondary N) is 1. The molecule has 1 saturated heterocycles. The number of para-hydroxylation sites is 1. The SMILES string of the molecule is CCNCCOCCN(Cc1cccnc1F)Cc1cn(S(=O)(=O)N2CCCCC2)c2ccccc12. The minimum absolute atomic E-state index is 0.342. The van der Waals surface area contributed by atoms with E-state index in [2.05, 4.69) is 15.2 Å². The number of halogens is 1. The molecule has 10 heteroatoms. The maximum atomic E-state index is 14.4. The monoisotopic (exact) mass is 517 g/mol. The molecule has 0 spiro atoms. The quantitative estimate of drug-likeness (QED) is 0.277. The zero-order chi connectivity index (χ0) is 25.4. The van der Waals surface area contributed by atoms with Gasteiger partial charge in [-0.3, -0.25) is 4.90 Å². The Morgan fingerprint density at radius 1 is 1.06 bits per heavy atom. The van der Waals surface area contributed by atoms with Crippen LogP contribution in [-0.2, 0) is 28.0 Å². The van der Waals surface area contributed by atoms with Gasteiger partial charge in [0.25, 0.3) is 0 Å². The lowest BCUT2D eigenvalue weighted by Crippen LogP contribution is -2.39. The summed E-state index contributed by atoms with van der Waals surface area (Å²) in [5.41, 5.74) is 2.03. The van der Waals surface area contributed by atoms with E-state index in [4.69, 9.17) is 4.74 Å². The second-order valence-corrected chi connectivity index (χ2v) is 10.9. The molecule has 0 atom stereocenters. The molecular formula is C26H36FN5O3S. The minimum atomic E-state index is -3.67. The Morgan fingerprint density at radius 2 is 1.83 bits per heavy atom. The van der Waals surface area contributed by atoms with Crippen LogP contribution in [-0.4, -0.2) is 72.5 Å². The Labute approximate surface area is 213 Å². The largest absolute Gasteiger partial charge is 0.379 e. The number of nitrogens with zero attached hydrogens (tertiary/aromatic N) is 4. The van der Waals surface area contributed by atoms with Crippen LogP contribution in [0.15, 0.2) is 48.8 Å². The number of pyridine rings is 1. The summed E-state index contributed by atoms with van der Waals surface area (Å²) in [4.78, 5) is 5.86. The van der Waals surface area contributed by atoms with Gasteiger partial charge in [-0.05, 0) is 37.1 Å². The molecule has 1 aromatic carbocycles. The summed E-state index contributed by atoms with van der Waals surface area (Å²) in [5.74, 6) is -0.495. The van der Waals surface area contributed by atoms with Crippen LogP contribution in [0.3, 0.4) is 0 Å². The van der Waals surface area contributed by atoms with Crippen molar-refractivity contribution in [2.24, 2.45) is 0 Å². The van der Waals surface area contributed by atoms with E-state index in [9.17, 15) is 12.8 Å². The molecule has 1 aliphatic heterocycles. The maximum Gasteiger partial charge on any atom is 0.307 e. The number of aromatic nitrogens is 2. The van der Waals surface area contributed by atoms with Gasteiger partial charge >= 0.3 is 10.2 Å². The highest BCUT2D eigenvalue weighted by atomic mass is 32.2. The van der Waals surface area contributed by atoms with Crippen molar-refractivity contribution in [2.75, 3.05) is 45.9 Å². The van der Waals surface area contributed by atoms with Crippen molar-refractivity contribution in [3.63, 3.8) is 0 Å². The van der Waals surface area contributed by atoms with Crippen molar-refractivity contribution >= 4 is 21.1 Å². The molecule has 0 amide bonds. The number of piperidine rings is 1. The van der Waals surface area contributed by atoms with E-state index < -0.39 is 16.2 Å². The third-order valence-corrected chi connectivity index (χ3v) is 8.32. The van der Waals surface area contributed by atoms with Crippen molar-refractivity contribution in [1.29, 1.82) is 0 Å². The minimum Gasteiger partial charge on any atom is -0.379 e. The van der Waals surface area contributed by atoms with Crippen molar-refractivity contribution in [2.45, 2.75) is 39.3 Å². The molecule has 0 unspecified atom stereocenters. The van der Waals surface area contributed by atoms with Crippen LogP contribution in [0.25, 0.3) is 10.9 Å². The van der Waals surface area contributed by atoms with Crippen molar-refractivity contribution < 1.29 is 17.5 Å². The van der Waals surface area contributed by atoms with Crippen LogP contribution in [0.4, 0.5) is 4.39 Å². The van der Waals surface area contributed by atoms with Crippen LogP contribution in [0, 0.1) is 5.95 Å². The Morgan fingerprint density at radius 3 is 2.61 bits per heavy atom. The van der Waals surface area contributed by atoms with E-state index >= 15 is 0 Å². The number of hydrogen-bond acceptors (Lipinski definition) is 6. The summed E-state index contributed by atoms with van der Waals surface area (Å²) in [6.07, 6.45) is 5.98. The topological polar surface area (TPSA) is 79.7 Å². The first-order valence-corrected chi connectivity index (χ1v) is 14.1. The fourth-order valence-corrected chi connectivity index (χ4v) is 6.24. The summed E-state index contributed by atoms with van der Waals surface area (Å²) in [5, 5.41) is 4.11. The van der Waals surface area contributed by atoms with E-state index in [1.54, 1.807) is 22.6 Å². The van der Waals surface area contributed by atoms with Crippen LogP contribution in [0.1, 0.15) is 37.3 Å². The Balaban J connectivity index is 1.58. The molecule has 2 aromatic heterocycles. The average Bonchev–Trinajstić information content (AvgIpc) is 3.27. The van der Waals surface area contributed by atoms with E-state index in [1.807, 2.05) is 31.2 Å². The van der Waals surface area contributed by atoms with Gasteiger partial charge in [0.1, 0.15) is 0 Å². The zero-order valence-corrected chi connectivity index (χ0v) is 21.7. The Kier molecular flexibility index (Phi) is 9.44. The summed E-state index contributed by atoms with van der Waals surface area (Å²) in [6, 6.07) is 11.0. The van der Waals surface area contributed by atoms with Crippen LogP contribution >= 0.6 is 0 Å². The second kappa shape index (κ2) is 12.7. The maximum absolute atomic E-state index is 14.4. The summed E-state index contributed by atoms with van der Waals surface area (Å²) >= 11 is 0. The average molecular weight is 518 g/mol. The Bertz CT molecular complexity index is 1230. The van der Waals surface area contributed by atoms with Gasteiger partial charge in [0.05, 0.1) is 18.7 Å². The van der Waals surface area contributed by atoms with Gasteiger partial charge in [-0.25, -0.2) is 8.96 Å². The third-order valence-electron chi connectivity index (χ3n) is 6.50. The van der Waals surface area contributed by atoms with Gasteiger partial charge in [-0.1, -0.05) is 37.6 Å². The highest BCUT2D eigenvalue weighted by Crippen LogP contribution is 2.27. The molecule has 0 aliphatic carbocycles. The van der Waals surface area contributed by atoms with E-state index in [-0.39, 0.29) is 0 Å². The number of benzene rings is 1. The van der Waals surface area contributed by atoms with Gasteiger partial charge in [0, 0.05) is 62.6 Å². The fraction of sp³-hybridized carbons (Fsp3) is 0.500. The first kappa shape index (κ1) is 26.7. The van der Waals surface area contributed by atoms with Gasteiger partial charge in [-0.15, -0.1) is 0 Å². The molecule has 3 heterocycles. The molecule has 1 fully saturated rings. The predicted molar refractivity (Wildman–Crippen MR) is 139 cm³/mol. The number of ether oxygens (including phenoxy) is 1. The molecule has 1 N–H and O–H groups in total. The van der Waals surface area contributed by atoms with Crippen molar-refractivity contribution in [1.82, 2.24) is 23.5 Å². The molecule has 1 aliphatic rings. The summed E-state index contributed by atoms with van der Waals surface area (Å²) in [7, 11) is -3.67. The molecular weight excluding hydrogens is 481 g/mol. The fourth-order valence-electron chi connectivity index (χ4n) is 4.60. The molecule has 3 aromatic rings. The van der Waals surface area contributed by atoms with Crippen LogP contribution in [0.5, 0.6) is 0 Å². The number of rotatable bonds is 13. The molecule has 36 heavy (non-hydrogen) atoms. The second-order valence-electron chi connectivity index (χ2n) is 9.06. The number of likely N-dealkylation sites (N-methyl/N-ethyl adjacent to an activating group) is 1. The van der Waals surface area contributed by atoms with Crippen LogP contribution < -0.4 is 5.32 Å². The first-order valence-electron chi connectivity index (χ1n) is 12.7. The molecule has 196 valence electrons. The van der Waals surface area contributed by atoms with Gasteiger partial charge in [-0.2, -0.15) is 17.1 Å². The lowest BCUT2D eigenvalue weighted by Gasteiger charge is -2.26. The molecule has 4 rings (SSSR count). The van der Waals surface area contributed by atoms with E-state index in [0.29, 0.717) is 57.0 Å².